The van der Waals surface area contributed by atoms with E-state index >= 15 is 0 Å². The lowest BCUT2D eigenvalue weighted by molar-refractivity contribution is -0.135. The van der Waals surface area contributed by atoms with Crippen molar-refractivity contribution in [2.45, 2.75) is 51.7 Å². The fourth-order valence-corrected chi connectivity index (χ4v) is 3.43. The molecule has 0 aromatic rings. The van der Waals surface area contributed by atoms with Gasteiger partial charge in [0, 0.05) is 12.3 Å². The van der Waals surface area contributed by atoms with Crippen LogP contribution in [0.25, 0.3) is 0 Å². The topological polar surface area (TPSA) is 26.3 Å². The molecule has 0 amide bonds. The maximum atomic E-state index is 11.4. The van der Waals surface area contributed by atoms with Crippen molar-refractivity contribution in [1.29, 1.82) is 0 Å². The standard InChI is InChI=1S/C10H21ClO2Si/c1-4-5-7-10(12)13-14(2,3)9-6-8-11/h4-9H2,1-3H3. The number of carbonyl (C=O) groups is 1. The van der Waals surface area contributed by atoms with Gasteiger partial charge in [0.2, 0.25) is 8.32 Å². The number of rotatable bonds is 7. The zero-order valence-corrected chi connectivity index (χ0v) is 11.2. The van der Waals surface area contributed by atoms with Crippen molar-refractivity contribution in [2.75, 3.05) is 5.88 Å². The largest absolute Gasteiger partial charge is 0.520 e. The normalized spacial score (nSPS) is 11.4. The van der Waals surface area contributed by atoms with Gasteiger partial charge in [0.05, 0.1) is 0 Å². The second-order valence-corrected chi connectivity index (χ2v) is 8.73. The van der Waals surface area contributed by atoms with Gasteiger partial charge in [0.1, 0.15) is 0 Å². The van der Waals surface area contributed by atoms with Gasteiger partial charge in [0.15, 0.2) is 0 Å². The van der Waals surface area contributed by atoms with Crippen LogP contribution < -0.4 is 0 Å². The lowest BCUT2D eigenvalue weighted by Crippen LogP contribution is -2.33. The molecule has 0 atom stereocenters. The van der Waals surface area contributed by atoms with Gasteiger partial charge in [0.25, 0.3) is 5.97 Å². The van der Waals surface area contributed by atoms with Gasteiger partial charge in [-0.3, -0.25) is 4.79 Å². The first kappa shape index (κ1) is 14.0. The number of halogens is 1. The molecular weight excluding hydrogens is 216 g/mol. The molecule has 0 aromatic carbocycles. The highest BCUT2D eigenvalue weighted by molar-refractivity contribution is 6.72. The summed E-state index contributed by atoms with van der Waals surface area (Å²) in [6.45, 7) is 6.22. The van der Waals surface area contributed by atoms with Crippen LogP contribution in [-0.2, 0) is 9.22 Å². The molecular formula is C10H21ClO2Si. The maximum Gasteiger partial charge on any atom is 0.292 e. The molecule has 0 spiro atoms. The van der Waals surface area contributed by atoms with Gasteiger partial charge in [-0.05, 0) is 32.0 Å². The van der Waals surface area contributed by atoms with Crippen molar-refractivity contribution in [3.63, 3.8) is 0 Å². The van der Waals surface area contributed by atoms with Crippen molar-refractivity contribution < 1.29 is 9.22 Å². The predicted octanol–water partition coefficient (Wildman–Crippen LogP) is 3.55. The summed E-state index contributed by atoms with van der Waals surface area (Å²) in [7, 11) is -1.77. The van der Waals surface area contributed by atoms with E-state index in [2.05, 4.69) is 20.0 Å². The lowest BCUT2D eigenvalue weighted by atomic mass is 10.3. The molecule has 14 heavy (non-hydrogen) atoms. The highest BCUT2D eigenvalue weighted by atomic mass is 35.5. The van der Waals surface area contributed by atoms with E-state index in [1.54, 1.807) is 0 Å². The quantitative estimate of drug-likeness (QED) is 0.499. The van der Waals surface area contributed by atoms with E-state index in [-0.39, 0.29) is 5.97 Å². The van der Waals surface area contributed by atoms with E-state index in [9.17, 15) is 4.79 Å². The number of carbonyl (C=O) groups excluding carboxylic acids is 1. The summed E-state index contributed by atoms with van der Waals surface area (Å²) < 4.78 is 5.48. The van der Waals surface area contributed by atoms with Crippen LogP contribution in [-0.4, -0.2) is 20.2 Å². The molecule has 4 heteroatoms. The zero-order valence-electron chi connectivity index (χ0n) is 9.44. The fourth-order valence-electron chi connectivity index (χ4n) is 1.22. The molecule has 0 aliphatic carbocycles. The third kappa shape index (κ3) is 7.39. The Labute approximate surface area is 93.1 Å². The summed E-state index contributed by atoms with van der Waals surface area (Å²) >= 11 is 5.61. The van der Waals surface area contributed by atoms with Crippen LogP contribution in [0.4, 0.5) is 0 Å². The number of alkyl halides is 1. The molecule has 0 unspecified atom stereocenters. The van der Waals surface area contributed by atoms with Gasteiger partial charge in [-0.2, -0.15) is 0 Å². The van der Waals surface area contributed by atoms with E-state index in [1.165, 1.54) is 0 Å². The Morgan fingerprint density at radius 3 is 2.50 bits per heavy atom. The van der Waals surface area contributed by atoms with Crippen LogP contribution in [0.1, 0.15) is 32.6 Å². The highest BCUT2D eigenvalue weighted by Gasteiger charge is 2.25. The first-order valence-electron chi connectivity index (χ1n) is 5.29. The van der Waals surface area contributed by atoms with Gasteiger partial charge < -0.3 is 4.43 Å². The van der Waals surface area contributed by atoms with Crippen LogP contribution in [0.15, 0.2) is 0 Å². The Kier molecular flexibility index (Phi) is 7.28. The Hall–Kier alpha value is -0.0231. The molecule has 0 rings (SSSR count). The van der Waals surface area contributed by atoms with Crippen LogP contribution in [0.3, 0.4) is 0 Å². The van der Waals surface area contributed by atoms with Gasteiger partial charge >= 0.3 is 0 Å². The molecule has 0 fully saturated rings. The molecule has 0 saturated heterocycles. The lowest BCUT2D eigenvalue weighted by Gasteiger charge is -2.22. The second-order valence-electron chi connectivity index (χ2n) is 4.13. The molecule has 2 nitrogen and oxygen atoms in total. The molecule has 0 radical (unpaired) electrons. The monoisotopic (exact) mass is 236 g/mol. The molecule has 0 aliphatic heterocycles. The third-order valence-corrected chi connectivity index (χ3v) is 4.64. The van der Waals surface area contributed by atoms with Crippen LogP contribution >= 0.6 is 11.6 Å². The highest BCUT2D eigenvalue weighted by Crippen LogP contribution is 2.15. The van der Waals surface area contributed by atoms with Crippen molar-refractivity contribution in [1.82, 2.24) is 0 Å². The van der Waals surface area contributed by atoms with Gasteiger partial charge in [-0.1, -0.05) is 13.3 Å². The van der Waals surface area contributed by atoms with E-state index in [0.29, 0.717) is 12.3 Å². The van der Waals surface area contributed by atoms with Gasteiger partial charge in [-0.15, -0.1) is 11.6 Å². The average Bonchev–Trinajstić information content (AvgIpc) is 2.11. The second kappa shape index (κ2) is 7.29. The molecule has 0 aromatic heterocycles. The van der Waals surface area contributed by atoms with Crippen LogP contribution in [0.5, 0.6) is 0 Å². The van der Waals surface area contributed by atoms with Crippen LogP contribution in [0.2, 0.25) is 19.1 Å². The van der Waals surface area contributed by atoms with Crippen molar-refractivity contribution in [2.24, 2.45) is 0 Å². The van der Waals surface area contributed by atoms with E-state index in [4.69, 9.17) is 16.0 Å². The smallest absolute Gasteiger partial charge is 0.292 e. The molecule has 0 aliphatic rings. The van der Waals surface area contributed by atoms with Crippen molar-refractivity contribution >= 4 is 25.9 Å². The molecule has 0 saturated carbocycles. The first-order chi connectivity index (χ1) is 6.52. The fraction of sp³-hybridized carbons (Fsp3) is 0.900. The summed E-state index contributed by atoms with van der Waals surface area (Å²) in [5.41, 5.74) is 0. The van der Waals surface area contributed by atoms with E-state index < -0.39 is 8.32 Å². The number of hydrogen-bond donors (Lipinski definition) is 0. The third-order valence-electron chi connectivity index (χ3n) is 2.04. The minimum atomic E-state index is -1.77. The minimum Gasteiger partial charge on any atom is -0.520 e. The van der Waals surface area contributed by atoms with Gasteiger partial charge in [-0.25, -0.2) is 0 Å². The van der Waals surface area contributed by atoms with Crippen molar-refractivity contribution in [3.8, 4) is 0 Å². The Bertz CT molecular complexity index is 172. The van der Waals surface area contributed by atoms with Crippen molar-refractivity contribution in [3.05, 3.63) is 0 Å². The first-order valence-corrected chi connectivity index (χ1v) is 8.94. The summed E-state index contributed by atoms with van der Waals surface area (Å²) in [4.78, 5) is 11.4. The number of unbranched alkanes of at least 4 members (excludes halogenated alkanes) is 1. The maximum absolute atomic E-state index is 11.4. The Morgan fingerprint density at radius 2 is 2.00 bits per heavy atom. The molecule has 0 N–H and O–H groups in total. The summed E-state index contributed by atoms with van der Waals surface area (Å²) in [5, 5.41) is 0. The molecule has 0 bridgehead atoms. The molecule has 84 valence electrons. The van der Waals surface area contributed by atoms with Crippen LogP contribution in [0, 0.1) is 0 Å². The predicted molar refractivity (Wildman–Crippen MR) is 63.2 cm³/mol. The Morgan fingerprint density at radius 1 is 1.36 bits per heavy atom. The summed E-state index contributed by atoms with van der Waals surface area (Å²) in [6.07, 6.45) is 3.48. The SMILES string of the molecule is CCCCC(=O)O[Si](C)(C)CCCCl. The minimum absolute atomic E-state index is 0.0295. The molecule has 0 heterocycles. The zero-order chi connectivity index (χ0) is 11.0. The summed E-state index contributed by atoms with van der Waals surface area (Å²) in [5.74, 6) is 0.626. The summed E-state index contributed by atoms with van der Waals surface area (Å²) in [6, 6.07) is 0.967. The number of hydrogen-bond acceptors (Lipinski definition) is 2. The average molecular weight is 237 g/mol. The Balaban J connectivity index is 3.76. The van der Waals surface area contributed by atoms with E-state index in [0.717, 1.165) is 25.3 Å². The van der Waals surface area contributed by atoms with E-state index in [1.807, 2.05) is 0 Å².